The van der Waals surface area contributed by atoms with Crippen LogP contribution in [0.15, 0.2) is 0 Å². The average molecular weight is 270 g/mol. The monoisotopic (exact) mass is 270 g/mol. The zero-order chi connectivity index (χ0) is 12.6. The smallest absolute Gasteiger partial charge is 0.246 e. The first-order valence-electron chi connectivity index (χ1n) is 6.40. The van der Waals surface area contributed by atoms with E-state index >= 15 is 0 Å². The first-order chi connectivity index (χ1) is 7.43. The largest absolute Gasteiger partial charge is 0.314 e. The van der Waals surface area contributed by atoms with Crippen molar-refractivity contribution in [3.8, 4) is 0 Å². The summed E-state index contributed by atoms with van der Waals surface area (Å²) in [6.45, 7) is 5.95. The van der Waals surface area contributed by atoms with E-state index in [4.69, 9.17) is 0 Å². The quantitative estimate of drug-likeness (QED) is 0.334. The van der Waals surface area contributed by atoms with Gasteiger partial charge in [0.05, 0.1) is 0 Å². The highest BCUT2D eigenvalue weighted by Crippen LogP contribution is 2.28. The van der Waals surface area contributed by atoms with Gasteiger partial charge in [0.15, 0.2) is 0 Å². The van der Waals surface area contributed by atoms with Gasteiger partial charge in [-0.2, -0.15) is 0 Å². The molecule has 0 saturated heterocycles. The minimum Gasteiger partial charge on any atom is -0.314 e. The van der Waals surface area contributed by atoms with Crippen molar-refractivity contribution in [1.29, 1.82) is 0 Å². The topological polar surface area (TPSA) is 0 Å². The molecule has 0 aliphatic rings. The molecular weight excluding hydrogens is 245 g/mol. The van der Waals surface area contributed by atoms with Gasteiger partial charge in [-0.25, -0.2) is 8.78 Å². The second-order valence-electron chi connectivity index (χ2n) is 4.84. The molecule has 0 aliphatic carbocycles. The molecule has 0 aromatic heterocycles. The molecular formula is C11H25F3Si2. The first kappa shape index (κ1) is 16.2. The molecule has 0 radical (unpaired) electrons. The van der Waals surface area contributed by atoms with Crippen LogP contribution in [0.2, 0.25) is 30.2 Å². The zero-order valence-corrected chi connectivity index (χ0v) is 13.2. The maximum Gasteiger partial charge on any atom is 0.246 e. The molecule has 5 heteroatoms. The SMILES string of the molecule is CC[Si](F)(CC)CC(C)CC[SiH2]CC(F)F. The second kappa shape index (κ2) is 8.33. The Bertz CT molecular complexity index is 173. The van der Waals surface area contributed by atoms with Crippen LogP contribution >= 0.6 is 0 Å². The van der Waals surface area contributed by atoms with E-state index in [1.165, 1.54) is 0 Å². The molecule has 0 bridgehead atoms. The maximum atomic E-state index is 14.2. The van der Waals surface area contributed by atoms with E-state index in [1.54, 1.807) is 0 Å². The Balaban J connectivity index is 3.69. The van der Waals surface area contributed by atoms with Crippen molar-refractivity contribution in [1.82, 2.24) is 0 Å². The Hall–Kier alpha value is 0.224. The molecule has 1 atom stereocenters. The van der Waals surface area contributed by atoms with Gasteiger partial charge in [-0.3, -0.25) is 0 Å². The number of rotatable bonds is 9. The predicted molar refractivity (Wildman–Crippen MR) is 70.6 cm³/mol. The van der Waals surface area contributed by atoms with Crippen LogP contribution in [0.1, 0.15) is 27.2 Å². The van der Waals surface area contributed by atoms with Crippen molar-refractivity contribution in [3.63, 3.8) is 0 Å². The van der Waals surface area contributed by atoms with Crippen molar-refractivity contribution < 1.29 is 12.9 Å². The number of halogens is 3. The van der Waals surface area contributed by atoms with E-state index in [0.29, 0.717) is 18.0 Å². The minimum atomic E-state index is -2.48. The van der Waals surface area contributed by atoms with E-state index in [9.17, 15) is 12.9 Å². The van der Waals surface area contributed by atoms with Gasteiger partial charge < -0.3 is 4.11 Å². The molecule has 0 aromatic rings. The van der Waals surface area contributed by atoms with E-state index in [2.05, 4.69) is 6.92 Å². The fourth-order valence-corrected chi connectivity index (χ4v) is 6.17. The van der Waals surface area contributed by atoms with Crippen molar-refractivity contribution in [3.05, 3.63) is 0 Å². The molecule has 0 aliphatic heterocycles. The van der Waals surface area contributed by atoms with E-state index in [-0.39, 0.29) is 6.04 Å². The highest BCUT2D eigenvalue weighted by Gasteiger charge is 2.31. The summed E-state index contributed by atoms with van der Waals surface area (Å²) in [5, 5.41) is 0. The Kier molecular flexibility index (Phi) is 8.45. The molecule has 0 fully saturated rings. The number of alkyl halides is 2. The van der Waals surface area contributed by atoms with Crippen molar-refractivity contribution in [2.45, 2.75) is 63.8 Å². The van der Waals surface area contributed by atoms with E-state index in [1.807, 2.05) is 13.8 Å². The van der Waals surface area contributed by atoms with Crippen LogP contribution in [0.5, 0.6) is 0 Å². The summed E-state index contributed by atoms with van der Waals surface area (Å²) in [5.41, 5.74) is 0. The maximum absolute atomic E-state index is 14.2. The lowest BCUT2D eigenvalue weighted by molar-refractivity contribution is 0.171. The lowest BCUT2D eigenvalue weighted by Gasteiger charge is -2.22. The highest BCUT2D eigenvalue weighted by atomic mass is 28.4. The van der Waals surface area contributed by atoms with Crippen LogP contribution in [-0.2, 0) is 0 Å². The molecule has 98 valence electrons. The van der Waals surface area contributed by atoms with Crippen LogP contribution < -0.4 is 0 Å². The van der Waals surface area contributed by atoms with Gasteiger partial charge in [0.25, 0.3) is 0 Å². The van der Waals surface area contributed by atoms with Crippen LogP contribution in [0, 0.1) is 5.92 Å². The van der Waals surface area contributed by atoms with Crippen molar-refractivity contribution in [2.75, 3.05) is 0 Å². The average Bonchev–Trinajstić information content (AvgIpc) is 2.24. The number of hydrogen-bond donors (Lipinski definition) is 0. The normalized spacial score (nSPS) is 15.2. The summed E-state index contributed by atoms with van der Waals surface area (Å²) in [4.78, 5) is 0. The Labute approximate surface area is 101 Å². The summed E-state index contributed by atoms with van der Waals surface area (Å²) in [6.07, 6.45) is -1.17. The lowest BCUT2D eigenvalue weighted by Crippen LogP contribution is -2.28. The zero-order valence-electron chi connectivity index (χ0n) is 10.7. The van der Waals surface area contributed by atoms with Gasteiger partial charge in [0, 0.05) is 9.52 Å². The lowest BCUT2D eigenvalue weighted by atomic mass is 10.2. The second-order valence-corrected chi connectivity index (χ2v) is 11.0. The van der Waals surface area contributed by atoms with Gasteiger partial charge >= 0.3 is 0 Å². The third-order valence-corrected chi connectivity index (χ3v) is 9.07. The molecule has 0 spiro atoms. The van der Waals surface area contributed by atoms with Crippen LogP contribution in [0.4, 0.5) is 12.9 Å². The van der Waals surface area contributed by atoms with Crippen molar-refractivity contribution >= 4 is 17.9 Å². The molecule has 0 rings (SSSR count). The number of hydrogen-bond acceptors (Lipinski definition) is 0. The Morgan fingerprint density at radius 2 is 1.75 bits per heavy atom. The summed E-state index contributed by atoms with van der Waals surface area (Å²) in [5.74, 6) is 0.390. The molecule has 16 heavy (non-hydrogen) atoms. The van der Waals surface area contributed by atoms with Crippen molar-refractivity contribution in [2.24, 2.45) is 5.92 Å². The minimum absolute atomic E-state index is 0.131. The molecule has 0 nitrogen and oxygen atoms in total. The van der Waals surface area contributed by atoms with Gasteiger partial charge in [0.1, 0.15) is 0 Å². The molecule has 0 N–H and O–H groups in total. The molecule has 0 heterocycles. The Morgan fingerprint density at radius 3 is 2.19 bits per heavy atom. The van der Waals surface area contributed by atoms with Gasteiger partial charge in [-0.15, -0.1) is 0 Å². The Morgan fingerprint density at radius 1 is 1.19 bits per heavy atom. The summed E-state index contributed by atoms with van der Waals surface area (Å²) < 4.78 is 38.0. The van der Waals surface area contributed by atoms with Gasteiger partial charge in [-0.05, 0) is 30.1 Å². The van der Waals surface area contributed by atoms with Crippen LogP contribution in [0.25, 0.3) is 0 Å². The van der Waals surface area contributed by atoms with E-state index < -0.39 is 24.4 Å². The van der Waals surface area contributed by atoms with Crippen LogP contribution in [0.3, 0.4) is 0 Å². The fourth-order valence-electron chi connectivity index (χ4n) is 2.06. The summed E-state index contributed by atoms with van der Waals surface area (Å²) in [6, 6.07) is 3.20. The third kappa shape index (κ3) is 7.49. The molecule has 1 unspecified atom stereocenters. The molecule has 0 saturated carbocycles. The standard InChI is InChI=1S/C11H25F3Si2/c1-4-16(14,5-2)9-10(3)6-7-15-8-11(12)13/h10-11H,4-9,15H2,1-3H3. The van der Waals surface area contributed by atoms with E-state index in [0.717, 1.165) is 18.5 Å². The fraction of sp³-hybridized carbons (Fsp3) is 1.00. The third-order valence-electron chi connectivity index (χ3n) is 3.35. The molecule has 0 amide bonds. The summed E-state index contributed by atoms with van der Waals surface area (Å²) >= 11 is 0. The molecule has 0 aromatic carbocycles. The summed E-state index contributed by atoms with van der Waals surface area (Å²) in [7, 11) is -3.08. The highest BCUT2D eigenvalue weighted by molar-refractivity contribution is 6.73. The van der Waals surface area contributed by atoms with Crippen LogP contribution in [-0.4, -0.2) is 24.4 Å². The first-order valence-corrected chi connectivity index (χ1v) is 10.9. The predicted octanol–water partition coefficient (Wildman–Crippen LogP) is 4.24. The van der Waals surface area contributed by atoms with Gasteiger partial charge in [-0.1, -0.05) is 33.2 Å². The van der Waals surface area contributed by atoms with Gasteiger partial charge in [0.2, 0.25) is 14.8 Å².